The van der Waals surface area contributed by atoms with E-state index in [4.69, 9.17) is 11.6 Å². The highest BCUT2D eigenvalue weighted by atomic mass is 79.9. The van der Waals surface area contributed by atoms with Crippen molar-refractivity contribution in [3.05, 3.63) is 27.7 Å². The largest absolute Gasteiger partial charge is 0.297 e. The molecule has 0 fully saturated rings. The van der Waals surface area contributed by atoms with E-state index in [1.165, 1.54) is 6.20 Å². The molecule has 15 heavy (non-hydrogen) atoms. The maximum atomic E-state index is 12.4. The normalized spacial score (nSPS) is 11.3. The molecule has 0 spiro atoms. The SMILES string of the molecule is FC(F)c1nc(Cl)c2ncc(Br)cc2n1. The molecule has 0 saturated heterocycles. The summed E-state index contributed by atoms with van der Waals surface area (Å²) < 4.78 is 25.4. The van der Waals surface area contributed by atoms with E-state index in [1.54, 1.807) is 6.07 Å². The lowest BCUT2D eigenvalue weighted by molar-refractivity contribution is 0.141. The van der Waals surface area contributed by atoms with Crippen molar-refractivity contribution in [2.45, 2.75) is 6.43 Å². The Morgan fingerprint density at radius 1 is 1.33 bits per heavy atom. The molecule has 0 aliphatic heterocycles. The molecular weight excluding hydrogens is 291 g/mol. The van der Waals surface area contributed by atoms with Crippen LogP contribution in [-0.4, -0.2) is 15.0 Å². The molecule has 0 aliphatic rings. The van der Waals surface area contributed by atoms with Gasteiger partial charge in [-0.1, -0.05) is 11.6 Å². The molecule has 0 aromatic carbocycles. The molecule has 0 radical (unpaired) electrons. The smallest absolute Gasteiger partial charge is 0.250 e. The van der Waals surface area contributed by atoms with Gasteiger partial charge in [-0.25, -0.2) is 18.7 Å². The zero-order chi connectivity index (χ0) is 11.0. The molecule has 78 valence electrons. The van der Waals surface area contributed by atoms with Crippen LogP contribution >= 0.6 is 27.5 Å². The standard InChI is InChI=1S/C8H3BrClF2N3/c9-3-1-4-5(13-2-3)6(10)15-8(14-4)7(11)12/h1-2,7H. The molecule has 0 unspecified atom stereocenters. The Morgan fingerprint density at radius 2 is 2.07 bits per heavy atom. The molecule has 0 amide bonds. The lowest BCUT2D eigenvalue weighted by atomic mass is 10.3. The summed E-state index contributed by atoms with van der Waals surface area (Å²) in [5.41, 5.74) is 0.601. The number of fused-ring (bicyclic) bond motifs is 1. The van der Waals surface area contributed by atoms with Gasteiger partial charge in [0.15, 0.2) is 11.0 Å². The van der Waals surface area contributed by atoms with Crippen molar-refractivity contribution in [2.24, 2.45) is 0 Å². The Labute approximate surface area is 96.6 Å². The summed E-state index contributed by atoms with van der Waals surface area (Å²) in [6.07, 6.45) is -1.24. The summed E-state index contributed by atoms with van der Waals surface area (Å²) in [7, 11) is 0. The fourth-order valence-electron chi connectivity index (χ4n) is 1.07. The Bertz CT molecular complexity index is 520. The number of nitrogens with zero attached hydrogens (tertiary/aromatic N) is 3. The van der Waals surface area contributed by atoms with Crippen LogP contribution in [0.25, 0.3) is 11.0 Å². The van der Waals surface area contributed by atoms with Crippen molar-refractivity contribution in [1.82, 2.24) is 15.0 Å². The molecule has 0 saturated carbocycles. The topological polar surface area (TPSA) is 38.7 Å². The predicted molar refractivity (Wildman–Crippen MR) is 55.0 cm³/mol. The van der Waals surface area contributed by atoms with Crippen LogP contribution in [0.1, 0.15) is 12.2 Å². The second-order valence-corrected chi connectivity index (χ2v) is 3.97. The molecule has 7 heteroatoms. The maximum Gasteiger partial charge on any atom is 0.297 e. The number of alkyl halides is 2. The third-order valence-corrected chi connectivity index (χ3v) is 2.37. The monoisotopic (exact) mass is 293 g/mol. The van der Waals surface area contributed by atoms with Crippen LogP contribution < -0.4 is 0 Å². The molecule has 2 heterocycles. The second-order valence-electron chi connectivity index (χ2n) is 2.69. The fraction of sp³-hybridized carbons (Fsp3) is 0.125. The van der Waals surface area contributed by atoms with Gasteiger partial charge in [0.25, 0.3) is 6.43 Å². The van der Waals surface area contributed by atoms with Gasteiger partial charge in [0, 0.05) is 10.7 Å². The van der Waals surface area contributed by atoms with Crippen molar-refractivity contribution < 1.29 is 8.78 Å². The van der Waals surface area contributed by atoms with Crippen molar-refractivity contribution >= 4 is 38.6 Å². The van der Waals surface area contributed by atoms with Gasteiger partial charge in [-0.2, -0.15) is 0 Å². The van der Waals surface area contributed by atoms with E-state index in [9.17, 15) is 8.78 Å². The zero-order valence-corrected chi connectivity index (χ0v) is 9.43. The highest BCUT2D eigenvalue weighted by Gasteiger charge is 2.14. The summed E-state index contributed by atoms with van der Waals surface area (Å²) in [6.45, 7) is 0. The Balaban J connectivity index is 2.74. The molecule has 3 nitrogen and oxygen atoms in total. The number of rotatable bonds is 1. The van der Waals surface area contributed by atoms with Crippen LogP contribution in [0.4, 0.5) is 8.78 Å². The number of aromatic nitrogens is 3. The van der Waals surface area contributed by atoms with Gasteiger partial charge in [-0.3, -0.25) is 4.98 Å². The number of pyridine rings is 1. The first kappa shape index (κ1) is 10.6. The Hall–Kier alpha value is -0.880. The van der Waals surface area contributed by atoms with E-state index in [2.05, 4.69) is 30.9 Å². The summed E-state index contributed by atoms with van der Waals surface area (Å²) in [6, 6.07) is 1.56. The quantitative estimate of drug-likeness (QED) is 0.757. The minimum absolute atomic E-state index is 0.0669. The first-order valence-electron chi connectivity index (χ1n) is 3.85. The van der Waals surface area contributed by atoms with Crippen LogP contribution in [0.15, 0.2) is 16.7 Å². The van der Waals surface area contributed by atoms with E-state index in [0.29, 0.717) is 15.5 Å². The first-order valence-corrected chi connectivity index (χ1v) is 5.02. The van der Waals surface area contributed by atoms with Crippen LogP contribution in [0, 0.1) is 0 Å². The molecular formula is C8H3BrClF2N3. The minimum Gasteiger partial charge on any atom is -0.250 e. The highest BCUT2D eigenvalue weighted by molar-refractivity contribution is 9.10. The number of hydrogen-bond acceptors (Lipinski definition) is 3. The van der Waals surface area contributed by atoms with Crippen molar-refractivity contribution in [1.29, 1.82) is 0 Å². The lowest BCUT2D eigenvalue weighted by Crippen LogP contribution is -1.97. The van der Waals surface area contributed by atoms with Crippen LogP contribution in [0.2, 0.25) is 5.15 Å². The molecule has 2 rings (SSSR count). The average Bonchev–Trinajstić information content (AvgIpc) is 2.16. The fourth-order valence-corrected chi connectivity index (χ4v) is 1.62. The second kappa shape index (κ2) is 3.94. The maximum absolute atomic E-state index is 12.4. The van der Waals surface area contributed by atoms with Gasteiger partial charge in [-0.05, 0) is 22.0 Å². The average molecular weight is 294 g/mol. The van der Waals surface area contributed by atoms with E-state index in [1.807, 2.05) is 0 Å². The zero-order valence-electron chi connectivity index (χ0n) is 7.09. The van der Waals surface area contributed by atoms with Crippen LogP contribution in [0.3, 0.4) is 0 Å². The Kier molecular flexibility index (Phi) is 2.79. The third kappa shape index (κ3) is 2.05. The summed E-state index contributed by atoms with van der Waals surface area (Å²) in [5.74, 6) is -0.590. The van der Waals surface area contributed by atoms with Gasteiger partial charge < -0.3 is 0 Å². The van der Waals surface area contributed by atoms with Crippen molar-refractivity contribution in [3.63, 3.8) is 0 Å². The number of halogens is 4. The van der Waals surface area contributed by atoms with Gasteiger partial charge in [0.2, 0.25) is 0 Å². The Morgan fingerprint density at radius 3 is 2.73 bits per heavy atom. The van der Waals surface area contributed by atoms with Gasteiger partial charge in [-0.15, -0.1) is 0 Å². The molecule has 2 aromatic heterocycles. The molecule has 0 atom stereocenters. The molecule has 0 aliphatic carbocycles. The molecule has 2 aromatic rings. The minimum atomic E-state index is -2.74. The van der Waals surface area contributed by atoms with Gasteiger partial charge >= 0.3 is 0 Å². The van der Waals surface area contributed by atoms with E-state index >= 15 is 0 Å². The van der Waals surface area contributed by atoms with Gasteiger partial charge in [0.05, 0.1) is 5.52 Å². The molecule has 0 N–H and O–H groups in total. The van der Waals surface area contributed by atoms with Crippen molar-refractivity contribution in [3.8, 4) is 0 Å². The first-order chi connectivity index (χ1) is 7.08. The third-order valence-electron chi connectivity index (χ3n) is 1.67. The summed E-state index contributed by atoms with van der Waals surface area (Å²) in [5, 5.41) is -0.0669. The van der Waals surface area contributed by atoms with Crippen molar-refractivity contribution in [2.75, 3.05) is 0 Å². The van der Waals surface area contributed by atoms with E-state index in [0.717, 1.165) is 0 Å². The number of hydrogen-bond donors (Lipinski definition) is 0. The summed E-state index contributed by atoms with van der Waals surface area (Å²) in [4.78, 5) is 11.0. The highest BCUT2D eigenvalue weighted by Crippen LogP contribution is 2.24. The van der Waals surface area contributed by atoms with Crippen LogP contribution in [-0.2, 0) is 0 Å². The van der Waals surface area contributed by atoms with Gasteiger partial charge in [0.1, 0.15) is 5.52 Å². The summed E-state index contributed by atoms with van der Waals surface area (Å²) >= 11 is 8.86. The lowest BCUT2D eigenvalue weighted by Gasteiger charge is -2.02. The van der Waals surface area contributed by atoms with E-state index in [-0.39, 0.29) is 5.15 Å². The molecule has 0 bridgehead atoms. The van der Waals surface area contributed by atoms with Crippen LogP contribution in [0.5, 0.6) is 0 Å². The predicted octanol–water partition coefficient (Wildman–Crippen LogP) is 3.38. The van der Waals surface area contributed by atoms with E-state index < -0.39 is 12.2 Å².